The number of rotatable bonds is 4. The largest absolute Gasteiger partial charge is 0.472 e. The van der Waals surface area contributed by atoms with Gasteiger partial charge in [0, 0.05) is 11.3 Å². The quantitative estimate of drug-likeness (QED) is 0.827. The van der Waals surface area contributed by atoms with E-state index < -0.39 is 0 Å². The molecule has 0 aliphatic rings. The van der Waals surface area contributed by atoms with Crippen LogP contribution >= 0.6 is 0 Å². The third kappa shape index (κ3) is 2.44. The fourth-order valence-corrected chi connectivity index (χ4v) is 1.56. The fourth-order valence-electron chi connectivity index (χ4n) is 1.56. The van der Waals surface area contributed by atoms with Crippen LogP contribution in [0.3, 0.4) is 0 Å². The maximum absolute atomic E-state index is 8.93. The van der Waals surface area contributed by atoms with Gasteiger partial charge in [0.1, 0.15) is 0 Å². The number of hydrogen-bond acceptors (Lipinski definition) is 3. The summed E-state index contributed by atoms with van der Waals surface area (Å²) < 4.78 is 5.04. The van der Waals surface area contributed by atoms with Crippen molar-refractivity contribution in [2.24, 2.45) is 0 Å². The average Bonchev–Trinajstić information content (AvgIpc) is 2.83. The number of aliphatic hydroxyl groups excluding tert-OH is 1. The van der Waals surface area contributed by atoms with E-state index in [0.717, 1.165) is 16.8 Å². The van der Waals surface area contributed by atoms with E-state index in [9.17, 15) is 0 Å². The van der Waals surface area contributed by atoms with E-state index in [0.29, 0.717) is 0 Å². The van der Waals surface area contributed by atoms with Gasteiger partial charge in [-0.25, -0.2) is 0 Å². The molecule has 1 aromatic carbocycles. The number of aliphatic hydroxyl groups is 1. The molecule has 0 bridgehead atoms. The van der Waals surface area contributed by atoms with Gasteiger partial charge in [-0.2, -0.15) is 0 Å². The maximum Gasteiger partial charge on any atom is 0.0955 e. The van der Waals surface area contributed by atoms with Crippen LogP contribution in [0.4, 0.5) is 5.69 Å². The summed E-state index contributed by atoms with van der Waals surface area (Å²) in [6.45, 7) is 2.16. The molecular weight excluding hydrogens is 202 g/mol. The SMILES string of the molecule is CC(Nc1ccc(CO)cc1)c1ccoc1. The third-order valence-electron chi connectivity index (χ3n) is 2.56. The van der Waals surface area contributed by atoms with Crippen molar-refractivity contribution in [3.63, 3.8) is 0 Å². The number of anilines is 1. The zero-order chi connectivity index (χ0) is 11.4. The van der Waals surface area contributed by atoms with Crippen molar-refractivity contribution in [1.29, 1.82) is 0 Å². The van der Waals surface area contributed by atoms with Crippen LogP contribution in [0.25, 0.3) is 0 Å². The third-order valence-corrected chi connectivity index (χ3v) is 2.56. The highest BCUT2D eigenvalue weighted by Gasteiger charge is 2.05. The Kier molecular flexibility index (Phi) is 3.27. The summed E-state index contributed by atoms with van der Waals surface area (Å²) in [5, 5.41) is 12.3. The van der Waals surface area contributed by atoms with Gasteiger partial charge in [-0.1, -0.05) is 12.1 Å². The average molecular weight is 217 g/mol. The summed E-state index contributed by atoms with van der Waals surface area (Å²) in [6, 6.07) is 9.89. The molecule has 1 unspecified atom stereocenters. The van der Waals surface area contributed by atoms with Gasteiger partial charge in [-0.3, -0.25) is 0 Å². The zero-order valence-electron chi connectivity index (χ0n) is 9.18. The molecule has 1 atom stereocenters. The van der Waals surface area contributed by atoms with Gasteiger partial charge in [0.2, 0.25) is 0 Å². The summed E-state index contributed by atoms with van der Waals surface area (Å²) >= 11 is 0. The summed E-state index contributed by atoms with van der Waals surface area (Å²) in [6.07, 6.45) is 3.40. The predicted octanol–water partition coefficient (Wildman–Crippen LogP) is 2.95. The van der Waals surface area contributed by atoms with Gasteiger partial charge < -0.3 is 14.8 Å². The lowest BCUT2D eigenvalue weighted by Gasteiger charge is -2.13. The van der Waals surface area contributed by atoms with Crippen LogP contribution in [-0.2, 0) is 6.61 Å². The first kappa shape index (κ1) is 10.8. The Bertz CT molecular complexity index is 420. The number of furan rings is 1. The van der Waals surface area contributed by atoms with E-state index in [4.69, 9.17) is 9.52 Å². The Hall–Kier alpha value is -1.74. The first-order chi connectivity index (χ1) is 7.79. The molecule has 0 spiro atoms. The molecule has 1 heterocycles. The molecule has 16 heavy (non-hydrogen) atoms. The van der Waals surface area contributed by atoms with Crippen molar-refractivity contribution in [2.75, 3.05) is 5.32 Å². The number of nitrogens with one attached hydrogen (secondary N) is 1. The van der Waals surface area contributed by atoms with E-state index in [1.165, 1.54) is 0 Å². The first-order valence-electron chi connectivity index (χ1n) is 5.28. The molecule has 0 fully saturated rings. The minimum Gasteiger partial charge on any atom is -0.472 e. The van der Waals surface area contributed by atoms with Crippen molar-refractivity contribution >= 4 is 5.69 Å². The second kappa shape index (κ2) is 4.86. The summed E-state index contributed by atoms with van der Waals surface area (Å²) in [4.78, 5) is 0. The molecule has 0 saturated carbocycles. The molecular formula is C13H15NO2. The van der Waals surface area contributed by atoms with Crippen LogP contribution in [0.15, 0.2) is 47.3 Å². The van der Waals surface area contributed by atoms with Crippen molar-refractivity contribution in [1.82, 2.24) is 0 Å². The molecule has 0 amide bonds. The lowest BCUT2D eigenvalue weighted by molar-refractivity contribution is 0.282. The maximum atomic E-state index is 8.93. The Balaban J connectivity index is 2.03. The Morgan fingerprint density at radius 3 is 2.56 bits per heavy atom. The minimum atomic E-state index is 0.0809. The smallest absolute Gasteiger partial charge is 0.0955 e. The zero-order valence-corrected chi connectivity index (χ0v) is 9.18. The summed E-state index contributed by atoms with van der Waals surface area (Å²) in [5.41, 5.74) is 3.07. The lowest BCUT2D eigenvalue weighted by atomic mass is 10.1. The number of hydrogen-bond donors (Lipinski definition) is 2. The molecule has 1 aromatic heterocycles. The molecule has 3 heteroatoms. The first-order valence-corrected chi connectivity index (χ1v) is 5.28. The lowest BCUT2D eigenvalue weighted by Crippen LogP contribution is -2.05. The van der Waals surface area contributed by atoms with Gasteiger partial charge in [-0.15, -0.1) is 0 Å². The Labute approximate surface area is 94.7 Å². The summed E-state index contributed by atoms with van der Waals surface area (Å²) in [5.74, 6) is 0. The molecule has 0 radical (unpaired) electrons. The van der Waals surface area contributed by atoms with Gasteiger partial charge in [-0.05, 0) is 30.7 Å². The Morgan fingerprint density at radius 1 is 1.25 bits per heavy atom. The highest BCUT2D eigenvalue weighted by molar-refractivity contribution is 5.46. The minimum absolute atomic E-state index is 0.0809. The second-order valence-corrected chi connectivity index (χ2v) is 3.78. The normalized spacial score (nSPS) is 12.4. The van der Waals surface area contributed by atoms with Crippen LogP contribution in [0.5, 0.6) is 0 Å². The van der Waals surface area contributed by atoms with E-state index in [1.807, 2.05) is 30.3 Å². The van der Waals surface area contributed by atoms with E-state index >= 15 is 0 Å². The van der Waals surface area contributed by atoms with E-state index in [2.05, 4.69) is 12.2 Å². The van der Waals surface area contributed by atoms with E-state index in [-0.39, 0.29) is 12.6 Å². The van der Waals surface area contributed by atoms with Crippen molar-refractivity contribution in [2.45, 2.75) is 19.6 Å². The van der Waals surface area contributed by atoms with Gasteiger partial charge >= 0.3 is 0 Å². The van der Waals surface area contributed by atoms with Gasteiger partial charge in [0.15, 0.2) is 0 Å². The highest BCUT2D eigenvalue weighted by Crippen LogP contribution is 2.19. The molecule has 3 nitrogen and oxygen atoms in total. The Morgan fingerprint density at radius 2 is 2.00 bits per heavy atom. The van der Waals surface area contributed by atoms with Crippen molar-refractivity contribution in [3.05, 3.63) is 54.0 Å². The van der Waals surface area contributed by atoms with Crippen molar-refractivity contribution in [3.8, 4) is 0 Å². The second-order valence-electron chi connectivity index (χ2n) is 3.78. The van der Waals surface area contributed by atoms with Crippen LogP contribution in [-0.4, -0.2) is 5.11 Å². The van der Waals surface area contributed by atoms with Crippen LogP contribution < -0.4 is 5.32 Å². The monoisotopic (exact) mass is 217 g/mol. The van der Waals surface area contributed by atoms with Crippen LogP contribution in [0, 0.1) is 0 Å². The predicted molar refractivity (Wildman–Crippen MR) is 63.1 cm³/mol. The molecule has 84 valence electrons. The molecule has 0 aliphatic heterocycles. The van der Waals surface area contributed by atoms with E-state index in [1.54, 1.807) is 12.5 Å². The van der Waals surface area contributed by atoms with Crippen LogP contribution in [0.1, 0.15) is 24.1 Å². The van der Waals surface area contributed by atoms with Crippen molar-refractivity contribution < 1.29 is 9.52 Å². The molecule has 2 aromatic rings. The highest BCUT2D eigenvalue weighted by atomic mass is 16.3. The number of benzene rings is 1. The van der Waals surface area contributed by atoms with Gasteiger partial charge in [0.25, 0.3) is 0 Å². The molecule has 0 saturated heterocycles. The fraction of sp³-hybridized carbons (Fsp3) is 0.231. The molecule has 0 aliphatic carbocycles. The van der Waals surface area contributed by atoms with Gasteiger partial charge in [0.05, 0.1) is 25.2 Å². The topological polar surface area (TPSA) is 45.4 Å². The standard InChI is InChI=1S/C13H15NO2/c1-10(12-6-7-16-9-12)14-13-4-2-11(8-15)3-5-13/h2-7,9-10,14-15H,8H2,1H3. The van der Waals surface area contributed by atoms with Crippen LogP contribution in [0.2, 0.25) is 0 Å². The summed E-state index contributed by atoms with van der Waals surface area (Å²) in [7, 11) is 0. The molecule has 2 N–H and O–H groups in total. The molecule has 2 rings (SSSR count).